The van der Waals surface area contributed by atoms with Crippen LogP contribution in [0.15, 0.2) is 29.3 Å². The van der Waals surface area contributed by atoms with Crippen LogP contribution in [-0.4, -0.2) is 19.9 Å². The van der Waals surface area contributed by atoms with E-state index in [9.17, 15) is 14.9 Å². The van der Waals surface area contributed by atoms with Gasteiger partial charge in [0.2, 0.25) is 0 Å². The van der Waals surface area contributed by atoms with Gasteiger partial charge in [-0.05, 0) is 22.9 Å². The van der Waals surface area contributed by atoms with Gasteiger partial charge in [0.05, 0.1) is 0 Å². The Morgan fingerprint density at radius 3 is 2.59 bits per heavy atom. The molecule has 2 rings (SSSR count). The zero-order valence-corrected chi connectivity index (χ0v) is 8.88. The van der Waals surface area contributed by atoms with Crippen LogP contribution < -0.4 is 5.56 Å². The van der Waals surface area contributed by atoms with E-state index in [1.165, 1.54) is 24.5 Å². The standard InChI is InChI=1S/C10H8N4O3/c1-6-4-12-9(10(15)13-6)7-2-3-8(11-5-7)14(16)17/h2-5H,1H3,(H,13,15). The van der Waals surface area contributed by atoms with Gasteiger partial charge in [-0.15, -0.1) is 0 Å². The lowest BCUT2D eigenvalue weighted by atomic mass is 10.2. The van der Waals surface area contributed by atoms with E-state index >= 15 is 0 Å². The Morgan fingerprint density at radius 1 is 1.29 bits per heavy atom. The Bertz CT molecular complexity index is 618. The summed E-state index contributed by atoms with van der Waals surface area (Å²) in [5, 5.41) is 10.4. The van der Waals surface area contributed by atoms with E-state index in [0.717, 1.165) is 0 Å². The number of pyridine rings is 1. The second kappa shape index (κ2) is 4.12. The van der Waals surface area contributed by atoms with Gasteiger partial charge < -0.3 is 15.1 Å². The molecule has 86 valence electrons. The lowest BCUT2D eigenvalue weighted by Crippen LogP contribution is -2.12. The van der Waals surface area contributed by atoms with E-state index in [1.807, 2.05) is 0 Å². The summed E-state index contributed by atoms with van der Waals surface area (Å²) in [5.74, 6) is -0.266. The van der Waals surface area contributed by atoms with Crippen LogP contribution in [0.5, 0.6) is 0 Å². The maximum absolute atomic E-state index is 11.6. The predicted molar refractivity (Wildman–Crippen MR) is 59.5 cm³/mol. The number of aromatic nitrogens is 3. The Labute approximate surface area is 95.3 Å². The highest BCUT2D eigenvalue weighted by atomic mass is 16.6. The molecule has 2 aromatic rings. The minimum absolute atomic E-state index is 0.193. The molecule has 1 N–H and O–H groups in total. The van der Waals surface area contributed by atoms with Crippen LogP contribution >= 0.6 is 0 Å². The second-order valence-corrected chi connectivity index (χ2v) is 3.41. The number of hydrogen-bond donors (Lipinski definition) is 1. The molecule has 0 bridgehead atoms. The van der Waals surface area contributed by atoms with Crippen molar-refractivity contribution in [3.8, 4) is 11.3 Å². The SMILES string of the molecule is Cc1cnc(-c2ccc([N+](=O)[O-])nc2)c(=O)[nH]1. The summed E-state index contributed by atoms with van der Waals surface area (Å²) in [4.78, 5) is 31.6. The second-order valence-electron chi connectivity index (χ2n) is 3.41. The van der Waals surface area contributed by atoms with Crippen LogP contribution in [0.4, 0.5) is 5.82 Å². The Hall–Kier alpha value is -2.57. The first-order chi connectivity index (χ1) is 8.08. The number of nitro groups is 1. The molecule has 0 aromatic carbocycles. The van der Waals surface area contributed by atoms with Crippen molar-refractivity contribution in [3.05, 3.63) is 50.7 Å². The summed E-state index contributed by atoms with van der Waals surface area (Å²) in [7, 11) is 0. The number of rotatable bonds is 2. The van der Waals surface area contributed by atoms with Crippen molar-refractivity contribution in [1.29, 1.82) is 0 Å². The van der Waals surface area contributed by atoms with Crippen molar-refractivity contribution < 1.29 is 4.92 Å². The molecule has 0 aliphatic carbocycles. The maximum Gasteiger partial charge on any atom is 0.363 e. The molecule has 2 aromatic heterocycles. The summed E-state index contributed by atoms with van der Waals surface area (Å²) in [5.41, 5.74) is 0.934. The number of hydrogen-bond acceptors (Lipinski definition) is 5. The zero-order chi connectivity index (χ0) is 12.4. The molecule has 0 atom stereocenters. The average Bonchev–Trinajstić information content (AvgIpc) is 2.29. The Balaban J connectivity index is 2.47. The normalized spacial score (nSPS) is 10.2. The van der Waals surface area contributed by atoms with Crippen molar-refractivity contribution in [2.45, 2.75) is 6.92 Å². The van der Waals surface area contributed by atoms with Gasteiger partial charge in [-0.1, -0.05) is 0 Å². The summed E-state index contributed by atoms with van der Waals surface area (Å²) < 4.78 is 0. The third-order valence-electron chi connectivity index (χ3n) is 2.12. The monoisotopic (exact) mass is 232 g/mol. The number of nitrogens with one attached hydrogen (secondary N) is 1. The first kappa shape index (κ1) is 10.9. The van der Waals surface area contributed by atoms with Gasteiger partial charge in [-0.3, -0.25) is 4.79 Å². The van der Waals surface area contributed by atoms with Gasteiger partial charge in [0.1, 0.15) is 11.9 Å². The maximum atomic E-state index is 11.6. The molecule has 0 aliphatic rings. The van der Waals surface area contributed by atoms with Crippen LogP contribution in [0.1, 0.15) is 5.69 Å². The van der Waals surface area contributed by atoms with Crippen molar-refractivity contribution in [2.24, 2.45) is 0 Å². The molecule has 7 heteroatoms. The summed E-state index contributed by atoms with van der Waals surface area (Å²) in [6.07, 6.45) is 2.77. The predicted octanol–water partition coefficient (Wildman–Crippen LogP) is 1.05. The van der Waals surface area contributed by atoms with E-state index in [1.54, 1.807) is 6.92 Å². The third kappa shape index (κ3) is 2.17. The Kier molecular flexibility index (Phi) is 2.65. The van der Waals surface area contributed by atoms with Crippen molar-refractivity contribution in [3.63, 3.8) is 0 Å². The molecule has 0 fully saturated rings. The lowest BCUT2D eigenvalue weighted by molar-refractivity contribution is -0.389. The molecular formula is C10H8N4O3. The number of aromatic amines is 1. The first-order valence-corrected chi connectivity index (χ1v) is 4.74. The molecule has 0 radical (unpaired) electrons. The van der Waals surface area contributed by atoms with Crippen LogP contribution in [-0.2, 0) is 0 Å². The van der Waals surface area contributed by atoms with Crippen molar-refractivity contribution >= 4 is 5.82 Å². The third-order valence-corrected chi connectivity index (χ3v) is 2.12. The van der Waals surface area contributed by atoms with Gasteiger partial charge in [0.25, 0.3) is 5.56 Å². The van der Waals surface area contributed by atoms with Crippen LogP contribution in [0.3, 0.4) is 0 Å². The van der Waals surface area contributed by atoms with E-state index in [0.29, 0.717) is 11.3 Å². The number of H-pyrrole nitrogens is 1. The highest BCUT2D eigenvalue weighted by molar-refractivity contribution is 5.57. The number of nitrogens with zero attached hydrogens (tertiary/aromatic N) is 3. The highest BCUT2D eigenvalue weighted by Gasteiger charge is 2.10. The van der Waals surface area contributed by atoms with Gasteiger partial charge in [-0.25, -0.2) is 4.98 Å². The van der Waals surface area contributed by atoms with Gasteiger partial charge in [-0.2, -0.15) is 0 Å². The van der Waals surface area contributed by atoms with Crippen LogP contribution in [0.25, 0.3) is 11.3 Å². The van der Waals surface area contributed by atoms with Crippen molar-refractivity contribution in [1.82, 2.24) is 15.0 Å². The molecule has 0 saturated heterocycles. The summed E-state index contributed by atoms with van der Waals surface area (Å²) in [6.45, 7) is 1.71. The highest BCUT2D eigenvalue weighted by Crippen LogP contribution is 2.14. The zero-order valence-electron chi connectivity index (χ0n) is 8.88. The molecular weight excluding hydrogens is 224 g/mol. The molecule has 0 spiro atoms. The summed E-state index contributed by atoms with van der Waals surface area (Å²) >= 11 is 0. The topological polar surface area (TPSA) is 102 Å². The molecule has 17 heavy (non-hydrogen) atoms. The fraction of sp³-hybridized carbons (Fsp3) is 0.100. The molecule has 0 amide bonds. The smallest absolute Gasteiger partial charge is 0.358 e. The quantitative estimate of drug-likeness (QED) is 0.615. The molecule has 0 saturated carbocycles. The fourth-order valence-corrected chi connectivity index (χ4v) is 1.33. The van der Waals surface area contributed by atoms with E-state index in [-0.39, 0.29) is 17.1 Å². The van der Waals surface area contributed by atoms with Gasteiger partial charge >= 0.3 is 5.82 Å². The van der Waals surface area contributed by atoms with Crippen molar-refractivity contribution in [2.75, 3.05) is 0 Å². The minimum Gasteiger partial charge on any atom is -0.358 e. The fourth-order valence-electron chi connectivity index (χ4n) is 1.33. The number of aryl methyl sites for hydroxylation is 1. The van der Waals surface area contributed by atoms with Crippen LogP contribution in [0.2, 0.25) is 0 Å². The molecule has 0 aliphatic heterocycles. The molecule has 0 unspecified atom stereocenters. The minimum atomic E-state index is -0.601. The first-order valence-electron chi connectivity index (χ1n) is 4.74. The molecule has 2 heterocycles. The Morgan fingerprint density at radius 2 is 2.06 bits per heavy atom. The van der Waals surface area contributed by atoms with E-state index < -0.39 is 4.92 Å². The van der Waals surface area contributed by atoms with Gasteiger partial charge in [0.15, 0.2) is 0 Å². The van der Waals surface area contributed by atoms with Crippen LogP contribution in [0, 0.1) is 17.0 Å². The van der Waals surface area contributed by atoms with E-state index in [2.05, 4.69) is 15.0 Å². The van der Waals surface area contributed by atoms with Gasteiger partial charge in [0, 0.05) is 23.5 Å². The molecule has 7 nitrogen and oxygen atoms in total. The lowest BCUT2D eigenvalue weighted by Gasteiger charge is -1.98. The summed E-state index contributed by atoms with van der Waals surface area (Å²) in [6, 6.07) is 2.67. The largest absolute Gasteiger partial charge is 0.363 e. The average molecular weight is 232 g/mol. The van der Waals surface area contributed by atoms with E-state index in [4.69, 9.17) is 0 Å².